The minimum absolute atomic E-state index is 0.0728. The number of carbonyl (C=O) groups excluding carboxylic acids is 1. The van der Waals surface area contributed by atoms with Crippen LogP contribution in [-0.2, 0) is 11.3 Å². The number of pyridine rings is 1. The Labute approximate surface area is 149 Å². The van der Waals surface area contributed by atoms with Crippen molar-refractivity contribution < 1.29 is 18.5 Å². The molecule has 1 saturated heterocycles. The van der Waals surface area contributed by atoms with E-state index in [9.17, 15) is 4.79 Å². The molecule has 0 aliphatic carbocycles. The second-order valence-electron chi connectivity index (χ2n) is 6.06. The number of rotatable bonds is 5. The quantitative estimate of drug-likeness (QED) is 0.695. The van der Waals surface area contributed by atoms with Gasteiger partial charge in [-0.2, -0.15) is 4.98 Å². The SMILES string of the molecule is O=C(c1ccco1)N1CCCC(OCc2nc(-c3cccnc3)no2)C1. The second kappa shape index (κ2) is 7.49. The molecule has 0 aromatic carbocycles. The van der Waals surface area contributed by atoms with Crippen LogP contribution < -0.4 is 0 Å². The molecule has 1 unspecified atom stereocenters. The van der Waals surface area contributed by atoms with Gasteiger partial charge in [0.05, 0.1) is 12.4 Å². The second-order valence-corrected chi connectivity index (χ2v) is 6.06. The van der Waals surface area contributed by atoms with Crippen LogP contribution >= 0.6 is 0 Å². The fourth-order valence-electron chi connectivity index (χ4n) is 2.93. The number of hydrogen-bond donors (Lipinski definition) is 0. The smallest absolute Gasteiger partial charge is 0.289 e. The third-order valence-electron chi connectivity index (χ3n) is 4.23. The van der Waals surface area contributed by atoms with Gasteiger partial charge in [0.15, 0.2) is 5.76 Å². The Hall–Kier alpha value is -3.00. The average Bonchev–Trinajstić information content (AvgIpc) is 3.39. The molecule has 3 aromatic rings. The highest BCUT2D eigenvalue weighted by molar-refractivity contribution is 5.91. The van der Waals surface area contributed by atoms with Crippen molar-refractivity contribution in [3.63, 3.8) is 0 Å². The van der Waals surface area contributed by atoms with Gasteiger partial charge in [-0.3, -0.25) is 9.78 Å². The van der Waals surface area contributed by atoms with E-state index in [-0.39, 0.29) is 18.6 Å². The number of piperidine rings is 1. The van der Waals surface area contributed by atoms with Crippen LogP contribution in [0.2, 0.25) is 0 Å². The largest absolute Gasteiger partial charge is 0.459 e. The van der Waals surface area contributed by atoms with Gasteiger partial charge in [0.2, 0.25) is 5.82 Å². The van der Waals surface area contributed by atoms with Gasteiger partial charge in [0, 0.05) is 31.0 Å². The lowest BCUT2D eigenvalue weighted by atomic mass is 10.1. The van der Waals surface area contributed by atoms with Crippen molar-refractivity contribution in [2.45, 2.75) is 25.6 Å². The molecule has 1 fully saturated rings. The summed E-state index contributed by atoms with van der Waals surface area (Å²) in [6.07, 6.45) is 6.55. The molecule has 0 N–H and O–H groups in total. The van der Waals surface area contributed by atoms with Gasteiger partial charge in [-0.25, -0.2) is 0 Å². The fourth-order valence-corrected chi connectivity index (χ4v) is 2.93. The predicted octanol–water partition coefficient (Wildman–Crippen LogP) is 2.55. The van der Waals surface area contributed by atoms with Gasteiger partial charge in [-0.15, -0.1) is 0 Å². The van der Waals surface area contributed by atoms with Gasteiger partial charge in [-0.1, -0.05) is 5.16 Å². The maximum atomic E-state index is 12.4. The molecule has 8 heteroatoms. The van der Waals surface area contributed by atoms with E-state index >= 15 is 0 Å². The molecule has 0 bridgehead atoms. The average molecular weight is 354 g/mol. The first-order chi connectivity index (χ1) is 12.8. The van der Waals surface area contributed by atoms with E-state index in [1.165, 1.54) is 6.26 Å². The minimum atomic E-state index is -0.111. The molecule has 1 atom stereocenters. The molecule has 4 heterocycles. The van der Waals surface area contributed by atoms with Crippen molar-refractivity contribution in [1.82, 2.24) is 20.0 Å². The Kier molecular flexibility index (Phi) is 4.74. The lowest BCUT2D eigenvalue weighted by molar-refractivity contribution is -0.0160. The van der Waals surface area contributed by atoms with Crippen LogP contribution in [0.25, 0.3) is 11.4 Å². The van der Waals surface area contributed by atoms with Crippen LogP contribution in [-0.4, -0.2) is 45.1 Å². The molecule has 8 nitrogen and oxygen atoms in total. The summed E-state index contributed by atoms with van der Waals surface area (Å²) in [4.78, 5) is 22.5. The standard InChI is InChI=1S/C18H18N4O4/c23-18(15-6-3-9-24-15)22-8-2-5-14(11-22)25-12-16-20-17(21-26-16)13-4-1-7-19-10-13/h1,3-4,6-7,9-10,14H,2,5,8,11-12H2. The van der Waals surface area contributed by atoms with E-state index in [4.69, 9.17) is 13.7 Å². The zero-order valence-electron chi connectivity index (χ0n) is 14.1. The van der Waals surface area contributed by atoms with Crippen molar-refractivity contribution in [2.24, 2.45) is 0 Å². The van der Waals surface area contributed by atoms with Crippen LogP contribution in [0.5, 0.6) is 0 Å². The summed E-state index contributed by atoms with van der Waals surface area (Å²) < 4.78 is 16.3. The van der Waals surface area contributed by atoms with E-state index in [1.807, 2.05) is 12.1 Å². The molecule has 26 heavy (non-hydrogen) atoms. The Morgan fingerprint density at radius 3 is 3.12 bits per heavy atom. The highest BCUT2D eigenvalue weighted by Gasteiger charge is 2.26. The first kappa shape index (κ1) is 16.5. The Morgan fingerprint density at radius 2 is 2.31 bits per heavy atom. The van der Waals surface area contributed by atoms with E-state index in [0.717, 1.165) is 18.4 Å². The molecule has 1 aliphatic heterocycles. The normalized spacial score (nSPS) is 17.4. The van der Waals surface area contributed by atoms with Gasteiger partial charge in [0.25, 0.3) is 11.8 Å². The Balaban J connectivity index is 1.33. The number of likely N-dealkylation sites (tertiary alicyclic amines) is 1. The molecule has 1 amide bonds. The molecule has 3 aromatic heterocycles. The number of amides is 1. The summed E-state index contributed by atoms with van der Waals surface area (Å²) >= 11 is 0. The van der Waals surface area contributed by atoms with E-state index in [1.54, 1.807) is 29.4 Å². The highest BCUT2D eigenvalue weighted by atomic mass is 16.5. The van der Waals surface area contributed by atoms with Gasteiger partial charge in [0.1, 0.15) is 6.61 Å². The first-order valence-corrected chi connectivity index (χ1v) is 8.47. The molecule has 4 rings (SSSR count). The first-order valence-electron chi connectivity index (χ1n) is 8.47. The molecule has 1 aliphatic rings. The van der Waals surface area contributed by atoms with Gasteiger partial charge >= 0.3 is 0 Å². The molecular weight excluding hydrogens is 336 g/mol. The van der Waals surface area contributed by atoms with Crippen LogP contribution in [0.4, 0.5) is 0 Å². The van der Waals surface area contributed by atoms with Crippen molar-refractivity contribution >= 4 is 5.91 Å². The summed E-state index contributed by atoms with van der Waals surface area (Å²) in [5.74, 6) is 1.12. The maximum absolute atomic E-state index is 12.4. The number of ether oxygens (including phenoxy) is 1. The van der Waals surface area contributed by atoms with Crippen molar-refractivity contribution in [1.29, 1.82) is 0 Å². The minimum Gasteiger partial charge on any atom is -0.459 e. The number of furan rings is 1. The number of aromatic nitrogens is 3. The van der Waals surface area contributed by atoms with Crippen molar-refractivity contribution in [3.05, 3.63) is 54.6 Å². The summed E-state index contributed by atoms with van der Waals surface area (Å²) in [5, 5.41) is 3.94. The van der Waals surface area contributed by atoms with Crippen LogP contribution in [0, 0.1) is 0 Å². The molecular formula is C18H18N4O4. The highest BCUT2D eigenvalue weighted by Crippen LogP contribution is 2.19. The zero-order valence-corrected chi connectivity index (χ0v) is 14.1. The van der Waals surface area contributed by atoms with Gasteiger partial charge < -0.3 is 18.6 Å². The monoisotopic (exact) mass is 354 g/mol. The third kappa shape index (κ3) is 3.65. The number of carbonyl (C=O) groups is 1. The summed E-state index contributed by atoms with van der Waals surface area (Å²) in [5.41, 5.74) is 0.787. The van der Waals surface area contributed by atoms with Crippen LogP contribution in [0.15, 0.2) is 51.9 Å². The maximum Gasteiger partial charge on any atom is 0.289 e. The van der Waals surface area contributed by atoms with Crippen molar-refractivity contribution in [3.8, 4) is 11.4 Å². The molecule has 0 spiro atoms. The zero-order chi connectivity index (χ0) is 17.8. The van der Waals surface area contributed by atoms with Crippen LogP contribution in [0.1, 0.15) is 29.3 Å². The Bertz CT molecular complexity index is 847. The van der Waals surface area contributed by atoms with Crippen molar-refractivity contribution in [2.75, 3.05) is 13.1 Å². The summed E-state index contributed by atoms with van der Waals surface area (Å²) in [6, 6.07) is 7.06. The van der Waals surface area contributed by atoms with Crippen LogP contribution in [0.3, 0.4) is 0 Å². The predicted molar refractivity (Wildman–Crippen MR) is 90.0 cm³/mol. The topological polar surface area (TPSA) is 94.5 Å². The third-order valence-corrected chi connectivity index (χ3v) is 4.23. The summed E-state index contributed by atoms with van der Waals surface area (Å²) in [6.45, 7) is 1.43. The van der Waals surface area contributed by atoms with E-state index in [0.29, 0.717) is 30.6 Å². The van der Waals surface area contributed by atoms with Gasteiger partial charge in [-0.05, 0) is 37.1 Å². The molecule has 0 saturated carbocycles. The Morgan fingerprint density at radius 1 is 1.35 bits per heavy atom. The number of nitrogens with zero attached hydrogens (tertiary/aromatic N) is 4. The van der Waals surface area contributed by atoms with E-state index in [2.05, 4.69) is 15.1 Å². The van der Waals surface area contributed by atoms with E-state index < -0.39 is 0 Å². The number of hydrogen-bond acceptors (Lipinski definition) is 7. The fraction of sp³-hybridized carbons (Fsp3) is 0.333. The lowest BCUT2D eigenvalue weighted by Crippen LogP contribution is -2.43. The lowest BCUT2D eigenvalue weighted by Gasteiger charge is -2.31. The molecule has 134 valence electrons. The summed E-state index contributed by atoms with van der Waals surface area (Å²) in [7, 11) is 0. The molecule has 0 radical (unpaired) electrons.